The Morgan fingerprint density at radius 2 is 2.31 bits per heavy atom. The zero-order valence-electron chi connectivity index (χ0n) is 7.68. The summed E-state index contributed by atoms with van der Waals surface area (Å²) in [6.45, 7) is 2.11. The third kappa shape index (κ3) is 2.88. The molecule has 0 aromatic carbocycles. The highest BCUT2D eigenvalue weighted by molar-refractivity contribution is 6.32. The summed E-state index contributed by atoms with van der Waals surface area (Å²) in [5.74, 6) is 0.0761. The number of hydrogen-bond acceptors (Lipinski definition) is 2. The summed E-state index contributed by atoms with van der Waals surface area (Å²) in [7, 11) is 0. The SMILES string of the molecule is CCCCCC(=O)c1ccoc1Cl. The van der Waals surface area contributed by atoms with Gasteiger partial charge in [-0.25, -0.2) is 0 Å². The van der Waals surface area contributed by atoms with Crippen molar-refractivity contribution in [2.45, 2.75) is 32.6 Å². The number of carbonyl (C=O) groups excluding carboxylic acids is 1. The predicted molar refractivity (Wildman–Crippen MR) is 52.2 cm³/mol. The van der Waals surface area contributed by atoms with Gasteiger partial charge in [-0.1, -0.05) is 19.8 Å². The van der Waals surface area contributed by atoms with E-state index in [1.165, 1.54) is 6.26 Å². The average Bonchev–Trinajstić information content (AvgIpc) is 2.52. The summed E-state index contributed by atoms with van der Waals surface area (Å²) in [6.07, 6.45) is 5.13. The van der Waals surface area contributed by atoms with E-state index in [0.29, 0.717) is 12.0 Å². The molecule has 0 bridgehead atoms. The van der Waals surface area contributed by atoms with Crippen LogP contribution in [0.25, 0.3) is 0 Å². The van der Waals surface area contributed by atoms with Crippen LogP contribution in [0.1, 0.15) is 43.0 Å². The van der Waals surface area contributed by atoms with Gasteiger partial charge in [0.15, 0.2) is 5.78 Å². The second-order valence-electron chi connectivity index (χ2n) is 2.99. The van der Waals surface area contributed by atoms with E-state index < -0.39 is 0 Å². The van der Waals surface area contributed by atoms with Crippen LogP contribution in [0.2, 0.25) is 5.22 Å². The molecule has 2 nitrogen and oxygen atoms in total. The van der Waals surface area contributed by atoms with Crippen LogP contribution in [0.15, 0.2) is 16.7 Å². The fraction of sp³-hybridized carbons (Fsp3) is 0.500. The van der Waals surface area contributed by atoms with E-state index in [2.05, 4.69) is 6.92 Å². The lowest BCUT2D eigenvalue weighted by molar-refractivity contribution is 0.0979. The van der Waals surface area contributed by atoms with Crippen LogP contribution in [0.4, 0.5) is 0 Å². The molecule has 0 N–H and O–H groups in total. The number of rotatable bonds is 5. The lowest BCUT2D eigenvalue weighted by atomic mass is 10.1. The molecule has 0 amide bonds. The minimum absolute atomic E-state index is 0.0761. The van der Waals surface area contributed by atoms with Crippen LogP contribution in [0, 0.1) is 0 Å². The van der Waals surface area contributed by atoms with Gasteiger partial charge in [0.1, 0.15) is 0 Å². The summed E-state index contributed by atoms with van der Waals surface area (Å²) in [6, 6.07) is 1.62. The summed E-state index contributed by atoms with van der Waals surface area (Å²) in [4.78, 5) is 11.5. The highest BCUT2D eigenvalue weighted by atomic mass is 35.5. The fourth-order valence-corrected chi connectivity index (χ4v) is 1.38. The van der Waals surface area contributed by atoms with Gasteiger partial charge in [-0.05, 0) is 24.1 Å². The molecular formula is C10H13ClO2. The van der Waals surface area contributed by atoms with Crippen molar-refractivity contribution in [2.24, 2.45) is 0 Å². The van der Waals surface area contributed by atoms with Crippen LogP contribution < -0.4 is 0 Å². The maximum absolute atomic E-state index is 11.5. The molecule has 0 fully saturated rings. The molecule has 72 valence electrons. The van der Waals surface area contributed by atoms with Crippen molar-refractivity contribution in [3.05, 3.63) is 23.1 Å². The molecule has 1 aromatic rings. The molecule has 0 spiro atoms. The molecule has 0 atom stereocenters. The average molecular weight is 201 g/mol. The van der Waals surface area contributed by atoms with Crippen molar-refractivity contribution >= 4 is 17.4 Å². The zero-order chi connectivity index (χ0) is 9.68. The van der Waals surface area contributed by atoms with Crippen molar-refractivity contribution in [3.8, 4) is 0 Å². The van der Waals surface area contributed by atoms with Gasteiger partial charge < -0.3 is 4.42 Å². The van der Waals surface area contributed by atoms with Crippen LogP contribution in [0.5, 0.6) is 0 Å². The van der Waals surface area contributed by atoms with Crippen molar-refractivity contribution in [1.82, 2.24) is 0 Å². The molecule has 0 aliphatic rings. The Morgan fingerprint density at radius 3 is 2.85 bits per heavy atom. The summed E-state index contributed by atoms with van der Waals surface area (Å²) >= 11 is 5.66. The molecule has 1 heterocycles. The van der Waals surface area contributed by atoms with Gasteiger partial charge in [0.2, 0.25) is 5.22 Å². The Labute approximate surface area is 82.9 Å². The van der Waals surface area contributed by atoms with E-state index >= 15 is 0 Å². The van der Waals surface area contributed by atoms with E-state index in [1.807, 2.05) is 0 Å². The highest BCUT2D eigenvalue weighted by Crippen LogP contribution is 2.19. The van der Waals surface area contributed by atoms with Crippen LogP contribution in [-0.4, -0.2) is 5.78 Å². The molecule has 0 radical (unpaired) electrons. The van der Waals surface area contributed by atoms with Crippen molar-refractivity contribution in [3.63, 3.8) is 0 Å². The summed E-state index contributed by atoms with van der Waals surface area (Å²) in [5.41, 5.74) is 0.512. The van der Waals surface area contributed by atoms with Gasteiger partial charge in [-0.2, -0.15) is 0 Å². The number of unbranched alkanes of at least 4 members (excludes halogenated alkanes) is 2. The number of Topliss-reactive ketones (excluding diaryl/α,β-unsaturated/α-hetero) is 1. The lowest BCUT2D eigenvalue weighted by Gasteiger charge is -1.96. The summed E-state index contributed by atoms with van der Waals surface area (Å²) < 4.78 is 4.84. The van der Waals surface area contributed by atoms with Gasteiger partial charge in [0.05, 0.1) is 11.8 Å². The molecule has 3 heteroatoms. The highest BCUT2D eigenvalue weighted by Gasteiger charge is 2.11. The Kier molecular flexibility index (Phi) is 4.03. The first-order valence-electron chi connectivity index (χ1n) is 4.52. The second-order valence-corrected chi connectivity index (χ2v) is 3.33. The molecule has 0 aliphatic heterocycles. The van der Waals surface area contributed by atoms with E-state index in [-0.39, 0.29) is 11.0 Å². The Bertz CT molecular complexity index is 278. The number of carbonyl (C=O) groups is 1. The quantitative estimate of drug-likeness (QED) is 0.536. The van der Waals surface area contributed by atoms with Crippen LogP contribution in [0.3, 0.4) is 0 Å². The fourth-order valence-electron chi connectivity index (χ4n) is 1.16. The number of ketones is 1. The molecule has 0 saturated heterocycles. The third-order valence-corrected chi connectivity index (χ3v) is 2.22. The molecule has 0 saturated carbocycles. The molecular weight excluding hydrogens is 188 g/mol. The number of furan rings is 1. The van der Waals surface area contributed by atoms with Crippen molar-refractivity contribution in [1.29, 1.82) is 0 Å². The topological polar surface area (TPSA) is 30.2 Å². The second kappa shape index (κ2) is 5.07. The van der Waals surface area contributed by atoms with Gasteiger partial charge in [0.25, 0.3) is 0 Å². The first-order chi connectivity index (χ1) is 6.25. The Hall–Kier alpha value is -0.760. The largest absolute Gasteiger partial charge is 0.452 e. The van der Waals surface area contributed by atoms with Gasteiger partial charge in [0, 0.05) is 6.42 Å². The van der Waals surface area contributed by atoms with Gasteiger partial charge in [-0.3, -0.25) is 4.79 Å². The van der Waals surface area contributed by atoms with Crippen molar-refractivity contribution < 1.29 is 9.21 Å². The number of hydrogen-bond donors (Lipinski definition) is 0. The monoisotopic (exact) mass is 200 g/mol. The summed E-state index contributed by atoms with van der Waals surface area (Å²) in [5, 5.41) is 0.210. The molecule has 13 heavy (non-hydrogen) atoms. The molecule has 0 aliphatic carbocycles. The third-order valence-electron chi connectivity index (χ3n) is 1.93. The standard InChI is InChI=1S/C10H13ClO2/c1-2-3-4-5-9(12)8-6-7-13-10(8)11/h6-7H,2-5H2,1H3. The minimum Gasteiger partial charge on any atom is -0.452 e. The normalized spacial score (nSPS) is 10.3. The first kappa shape index (κ1) is 10.3. The maximum Gasteiger partial charge on any atom is 0.203 e. The van der Waals surface area contributed by atoms with E-state index in [1.54, 1.807) is 6.07 Å². The molecule has 1 rings (SSSR count). The van der Waals surface area contributed by atoms with Crippen LogP contribution in [-0.2, 0) is 0 Å². The Balaban J connectivity index is 2.45. The maximum atomic E-state index is 11.5. The van der Waals surface area contributed by atoms with Crippen molar-refractivity contribution in [2.75, 3.05) is 0 Å². The first-order valence-corrected chi connectivity index (χ1v) is 4.89. The van der Waals surface area contributed by atoms with Gasteiger partial charge in [-0.15, -0.1) is 0 Å². The molecule has 0 unspecified atom stereocenters. The van der Waals surface area contributed by atoms with E-state index in [0.717, 1.165) is 19.3 Å². The zero-order valence-corrected chi connectivity index (χ0v) is 8.43. The minimum atomic E-state index is 0.0761. The van der Waals surface area contributed by atoms with Gasteiger partial charge >= 0.3 is 0 Å². The number of halogens is 1. The predicted octanol–water partition coefficient (Wildman–Crippen LogP) is 3.70. The Morgan fingerprint density at radius 1 is 1.54 bits per heavy atom. The van der Waals surface area contributed by atoms with E-state index in [9.17, 15) is 4.79 Å². The van der Waals surface area contributed by atoms with E-state index in [4.69, 9.17) is 16.0 Å². The smallest absolute Gasteiger partial charge is 0.203 e. The van der Waals surface area contributed by atoms with Crippen LogP contribution >= 0.6 is 11.6 Å². The lowest BCUT2D eigenvalue weighted by Crippen LogP contribution is -1.97. The molecule has 1 aromatic heterocycles.